The molecule has 54 valence electrons. The van der Waals surface area contributed by atoms with Crippen molar-refractivity contribution in [1.82, 2.24) is 5.32 Å². The number of rotatable bonds is 1. The van der Waals surface area contributed by atoms with E-state index in [9.17, 15) is 0 Å². The normalized spacial score (nSPS) is 36.7. The molecule has 1 N–H and O–H groups in total. The van der Waals surface area contributed by atoms with E-state index in [4.69, 9.17) is 0 Å². The smallest absolute Gasteiger partial charge is 0.00896 e. The fourth-order valence-corrected chi connectivity index (χ4v) is 1.75. The number of nitrogens with one attached hydrogen (secondary N) is 1. The Morgan fingerprint density at radius 3 is 2.33 bits per heavy atom. The quantitative estimate of drug-likeness (QED) is 0.566. The predicted octanol–water partition coefficient (Wildman–Crippen LogP) is 1.78. The molecule has 0 saturated heterocycles. The van der Waals surface area contributed by atoms with E-state index in [0.717, 1.165) is 12.0 Å². The molecule has 0 amide bonds. The maximum absolute atomic E-state index is 3.35. The lowest BCUT2D eigenvalue weighted by Crippen LogP contribution is -2.34. The molecule has 0 aliphatic heterocycles. The van der Waals surface area contributed by atoms with E-state index in [0.29, 0.717) is 0 Å². The zero-order chi connectivity index (χ0) is 6.69. The van der Waals surface area contributed by atoms with Gasteiger partial charge in [-0.2, -0.15) is 0 Å². The van der Waals surface area contributed by atoms with E-state index >= 15 is 0 Å². The van der Waals surface area contributed by atoms with Crippen LogP contribution in [0.1, 0.15) is 32.6 Å². The summed E-state index contributed by atoms with van der Waals surface area (Å²) in [7, 11) is 2.08. The summed E-state index contributed by atoms with van der Waals surface area (Å²) in [6, 6.07) is 0.804. The van der Waals surface area contributed by atoms with Gasteiger partial charge in [0.15, 0.2) is 0 Å². The molecule has 1 nitrogen and oxygen atoms in total. The van der Waals surface area contributed by atoms with Crippen molar-refractivity contribution in [1.29, 1.82) is 0 Å². The average Bonchev–Trinajstić information content (AvgIpc) is 1.89. The van der Waals surface area contributed by atoms with Gasteiger partial charge in [0.05, 0.1) is 0 Å². The van der Waals surface area contributed by atoms with Crippen LogP contribution < -0.4 is 5.32 Å². The minimum Gasteiger partial charge on any atom is -0.317 e. The first kappa shape index (κ1) is 7.07. The molecule has 0 heterocycles. The van der Waals surface area contributed by atoms with Gasteiger partial charge in [-0.1, -0.05) is 19.8 Å². The Morgan fingerprint density at radius 1 is 1.22 bits per heavy atom. The Kier molecular flexibility index (Phi) is 2.52. The van der Waals surface area contributed by atoms with Gasteiger partial charge in [0, 0.05) is 6.04 Å². The van der Waals surface area contributed by atoms with Crippen molar-refractivity contribution in [3.63, 3.8) is 0 Å². The molecule has 0 bridgehead atoms. The standard InChI is InChI=1S/C8H17N/c1-7-5-3-4-6-8(7)9-2/h7-9H,3-6H2,1-2H3/t7?,8-/m1/s1. The Morgan fingerprint density at radius 2 is 1.89 bits per heavy atom. The molecule has 1 saturated carbocycles. The molecule has 0 radical (unpaired) electrons. The summed E-state index contributed by atoms with van der Waals surface area (Å²) < 4.78 is 0. The van der Waals surface area contributed by atoms with E-state index < -0.39 is 0 Å². The highest BCUT2D eigenvalue weighted by atomic mass is 14.9. The van der Waals surface area contributed by atoms with E-state index in [1.807, 2.05) is 0 Å². The monoisotopic (exact) mass is 127 g/mol. The summed E-state index contributed by atoms with van der Waals surface area (Å²) in [5, 5.41) is 3.35. The van der Waals surface area contributed by atoms with Crippen molar-refractivity contribution < 1.29 is 0 Å². The lowest BCUT2D eigenvalue weighted by Gasteiger charge is -2.27. The fraction of sp³-hybridized carbons (Fsp3) is 1.00. The van der Waals surface area contributed by atoms with Crippen LogP contribution in [0.3, 0.4) is 0 Å². The highest BCUT2D eigenvalue weighted by molar-refractivity contribution is 4.75. The lowest BCUT2D eigenvalue weighted by molar-refractivity contribution is 0.294. The van der Waals surface area contributed by atoms with Gasteiger partial charge in [-0.25, -0.2) is 0 Å². The summed E-state index contributed by atoms with van der Waals surface area (Å²) in [6.45, 7) is 2.35. The van der Waals surface area contributed by atoms with Crippen molar-refractivity contribution in [2.75, 3.05) is 7.05 Å². The van der Waals surface area contributed by atoms with E-state index in [2.05, 4.69) is 19.3 Å². The molecule has 1 heteroatoms. The first-order valence-corrected chi connectivity index (χ1v) is 4.02. The zero-order valence-corrected chi connectivity index (χ0v) is 6.48. The molecule has 0 aromatic carbocycles. The van der Waals surface area contributed by atoms with Crippen LogP contribution in [0.4, 0.5) is 0 Å². The van der Waals surface area contributed by atoms with E-state index in [1.54, 1.807) is 0 Å². The van der Waals surface area contributed by atoms with Crippen molar-refractivity contribution in [2.24, 2.45) is 5.92 Å². The molecule has 9 heavy (non-hydrogen) atoms. The SMILES string of the molecule is CN[C@@H]1CCCCC1C. The van der Waals surface area contributed by atoms with Gasteiger partial charge >= 0.3 is 0 Å². The zero-order valence-electron chi connectivity index (χ0n) is 6.48. The van der Waals surface area contributed by atoms with Crippen molar-refractivity contribution in [3.8, 4) is 0 Å². The fourth-order valence-electron chi connectivity index (χ4n) is 1.75. The highest BCUT2D eigenvalue weighted by Crippen LogP contribution is 2.22. The van der Waals surface area contributed by atoms with Gasteiger partial charge in [-0.15, -0.1) is 0 Å². The van der Waals surface area contributed by atoms with E-state index in [1.165, 1.54) is 25.7 Å². The molecule has 2 atom stereocenters. The third kappa shape index (κ3) is 1.68. The second-order valence-electron chi connectivity index (χ2n) is 3.16. The first-order chi connectivity index (χ1) is 4.34. The van der Waals surface area contributed by atoms with Crippen LogP contribution in [0, 0.1) is 5.92 Å². The van der Waals surface area contributed by atoms with Crippen LogP contribution >= 0.6 is 0 Å². The third-order valence-electron chi connectivity index (χ3n) is 2.48. The molecule has 1 unspecified atom stereocenters. The van der Waals surface area contributed by atoms with Crippen LogP contribution in [0.15, 0.2) is 0 Å². The molecular weight excluding hydrogens is 110 g/mol. The second-order valence-corrected chi connectivity index (χ2v) is 3.16. The molecule has 1 rings (SSSR count). The van der Waals surface area contributed by atoms with Crippen LogP contribution in [-0.4, -0.2) is 13.1 Å². The number of hydrogen-bond donors (Lipinski definition) is 1. The van der Waals surface area contributed by atoms with Gasteiger partial charge in [0.1, 0.15) is 0 Å². The molecule has 0 aromatic rings. The highest BCUT2D eigenvalue weighted by Gasteiger charge is 2.18. The van der Waals surface area contributed by atoms with Gasteiger partial charge in [0.2, 0.25) is 0 Å². The second kappa shape index (κ2) is 3.21. The first-order valence-electron chi connectivity index (χ1n) is 4.02. The summed E-state index contributed by atoms with van der Waals surface area (Å²) in [4.78, 5) is 0. The summed E-state index contributed by atoms with van der Waals surface area (Å²) in [5.41, 5.74) is 0. The summed E-state index contributed by atoms with van der Waals surface area (Å²) in [5.74, 6) is 0.906. The molecular formula is C8H17N. The lowest BCUT2D eigenvalue weighted by atomic mass is 9.86. The number of hydrogen-bond acceptors (Lipinski definition) is 1. The minimum atomic E-state index is 0.804. The van der Waals surface area contributed by atoms with Crippen LogP contribution in [-0.2, 0) is 0 Å². The maximum Gasteiger partial charge on any atom is 0.00896 e. The largest absolute Gasteiger partial charge is 0.317 e. The third-order valence-corrected chi connectivity index (χ3v) is 2.48. The average molecular weight is 127 g/mol. The van der Waals surface area contributed by atoms with Crippen molar-refractivity contribution >= 4 is 0 Å². The van der Waals surface area contributed by atoms with Crippen molar-refractivity contribution in [2.45, 2.75) is 38.6 Å². The van der Waals surface area contributed by atoms with Gasteiger partial charge in [-0.3, -0.25) is 0 Å². The molecule has 1 fully saturated rings. The molecule has 1 aliphatic rings. The Bertz CT molecular complexity index is 80.6. The Hall–Kier alpha value is -0.0400. The van der Waals surface area contributed by atoms with Crippen LogP contribution in [0.25, 0.3) is 0 Å². The minimum absolute atomic E-state index is 0.804. The predicted molar refractivity (Wildman–Crippen MR) is 40.5 cm³/mol. The molecule has 0 aromatic heterocycles. The van der Waals surface area contributed by atoms with Gasteiger partial charge in [0.25, 0.3) is 0 Å². The van der Waals surface area contributed by atoms with Crippen LogP contribution in [0.2, 0.25) is 0 Å². The Balaban J connectivity index is 2.30. The summed E-state index contributed by atoms with van der Waals surface area (Å²) in [6.07, 6.45) is 5.68. The molecule has 0 spiro atoms. The maximum atomic E-state index is 3.35. The molecule has 1 aliphatic carbocycles. The van der Waals surface area contributed by atoms with Gasteiger partial charge < -0.3 is 5.32 Å². The van der Waals surface area contributed by atoms with Crippen molar-refractivity contribution in [3.05, 3.63) is 0 Å². The Labute approximate surface area is 57.8 Å². The van der Waals surface area contributed by atoms with E-state index in [-0.39, 0.29) is 0 Å². The topological polar surface area (TPSA) is 12.0 Å². The summed E-state index contributed by atoms with van der Waals surface area (Å²) >= 11 is 0. The van der Waals surface area contributed by atoms with Crippen LogP contribution in [0.5, 0.6) is 0 Å². The van der Waals surface area contributed by atoms with Gasteiger partial charge in [-0.05, 0) is 25.8 Å².